The van der Waals surface area contributed by atoms with Crippen molar-refractivity contribution in [3.63, 3.8) is 0 Å². The molecule has 4 nitrogen and oxygen atoms in total. The molecule has 0 aliphatic heterocycles. The van der Waals surface area contributed by atoms with E-state index in [1.807, 2.05) is 13.8 Å². The van der Waals surface area contributed by atoms with Crippen LogP contribution in [0, 0.1) is 11.8 Å². The Kier molecular flexibility index (Phi) is 5.78. The Labute approximate surface area is 110 Å². The smallest absolute Gasteiger partial charge is 0.283 e. The molecule has 1 rings (SSSR count). The van der Waals surface area contributed by atoms with Gasteiger partial charge in [-0.05, 0) is 29.3 Å². The molecule has 1 N–H and O–H groups in total. The van der Waals surface area contributed by atoms with Gasteiger partial charge in [-0.3, -0.25) is 4.79 Å². The van der Waals surface area contributed by atoms with Crippen molar-refractivity contribution in [2.75, 3.05) is 11.9 Å². The number of nitrogens with one attached hydrogen (secondary N) is 1. The second kappa shape index (κ2) is 7.13. The number of hydrogen-bond acceptors (Lipinski definition) is 3. The summed E-state index contributed by atoms with van der Waals surface area (Å²) in [6.07, 6.45) is 3.31. The minimum absolute atomic E-state index is 0.0987. The maximum Gasteiger partial charge on any atom is 0.283 e. The van der Waals surface area contributed by atoms with Crippen LogP contribution >= 0.6 is 15.9 Å². The SMILES string of the molecule is CC#CCCNc1cnn(CCC)c(=O)c1Br. The monoisotopic (exact) mass is 297 g/mol. The summed E-state index contributed by atoms with van der Waals surface area (Å²) in [5.41, 5.74) is 0.624. The minimum Gasteiger partial charge on any atom is -0.382 e. The van der Waals surface area contributed by atoms with Gasteiger partial charge in [0.25, 0.3) is 5.56 Å². The second-order valence-corrected chi connectivity index (χ2v) is 4.30. The maximum absolute atomic E-state index is 11.9. The van der Waals surface area contributed by atoms with Crippen LogP contribution in [0.15, 0.2) is 15.5 Å². The van der Waals surface area contributed by atoms with Gasteiger partial charge in [0.1, 0.15) is 4.47 Å². The largest absolute Gasteiger partial charge is 0.382 e. The fourth-order valence-electron chi connectivity index (χ4n) is 1.34. The van der Waals surface area contributed by atoms with Gasteiger partial charge < -0.3 is 5.32 Å². The molecule has 0 spiro atoms. The first-order valence-corrected chi connectivity index (χ1v) is 6.39. The van der Waals surface area contributed by atoms with Crippen LogP contribution in [0.3, 0.4) is 0 Å². The van der Waals surface area contributed by atoms with E-state index < -0.39 is 0 Å². The highest BCUT2D eigenvalue weighted by Gasteiger charge is 2.07. The third kappa shape index (κ3) is 3.90. The van der Waals surface area contributed by atoms with Gasteiger partial charge in [-0.15, -0.1) is 11.8 Å². The zero-order valence-electron chi connectivity index (χ0n) is 10.1. The van der Waals surface area contributed by atoms with Crippen LogP contribution in [0.25, 0.3) is 0 Å². The second-order valence-electron chi connectivity index (χ2n) is 3.50. The number of anilines is 1. The molecular formula is C12H16BrN3O. The number of halogens is 1. The Hall–Kier alpha value is -1.28. The Morgan fingerprint density at radius 3 is 3.00 bits per heavy atom. The van der Waals surface area contributed by atoms with Crippen LogP contribution in [0.5, 0.6) is 0 Å². The molecule has 17 heavy (non-hydrogen) atoms. The van der Waals surface area contributed by atoms with Crippen molar-refractivity contribution in [3.05, 3.63) is 21.0 Å². The predicted octanol–water partition coefficient (Wildman–Crippen LogP) is 2.24. The zero-order chi connectivity index (χ0) is 12.7. The van der Waals surface area contributed by atoms with Crippen LogP contribution in [0.4, 0.5) is 5.69 Å². The summed E-state index contributed by atoms with van der Waals surface area (Å²) >= 11 is 3.30. The summed E-state index contributed by atoms with van der Waals surface area (Å²) in [6.45, 7) is 5.17. The first-order chi connectivity index (χ1) is 8.20. The van der Waals surface area contributed by atoms with Gasteiger partial charge >= 0.3 is 0 Å². The first kappa shape index (κ1) is 13.8. The summed E-state index contributed by atoms with van der Waals surface area (Å²) in [5, 5.41) is 7.24. The number of rotatable bonds is 5. The minimum atomic E-state index is -0.0987. The van der Waals surface area contributed by atoms with E-state index in [1.165, 1.54) is 4.68 Å². The molecule has 0 aromatic carbocycles. The first-order valence-electron chi connectivity index (χ1n) is 5.59. The van der Waals surface area contributed by atoms with Crippen LogP contribution in [0.1, 0.15) is 26.7 Å². The van der Waals surface area contributed by atoms with Crippen molar-refractivity contribution in [1.82, 2.24) is 9.78 Å². The molecule has 0 saturated heterocycles. The number of aryl methyl sites for hydroxylation is 1. The van der Waals surface area contributed by atoms with Gasteiger partial charge in [0.2, 0.25) is 0 Å². The van der Waals surface area contributed by atoms with Crippen LogP contribution in [-0.4, -0.2) is 16.3 Å². The average Bonchev–Trinajstić information content (AvgIpc) is 2.33. The highest BCUT2D eigenvalue weighted by atomic mass is 79.9. The van der Waals surface area contributed by atoms with E-state index in [-0.39, 0.29) is 5.56 Å². The third-order valence-corrected chi connectivity index (χ3v) is 2.93. The lowest BCUT2D eigenvalue weighted by atomic mass is 10.4. The summed E-state index contributed by atoms with van der Waals surface area (Å²) in [6, 6.07) is 0. The highest BCUT2D eigenvalue weighted by molar-refractivity contribution is 9.10. The van der Waals surface area contributed by atoms with E-state index in [0.717, 1.165) is 18.5 Å². The number of hydrogen-bond donors (Lipinski definition) is 1. The molecule has 0 bridgehead atoms. The van der Waals surface area contributed by atoms with Crippen LogP contribution < -0.4 is 10.9 Å². The normalized spacial score (nSPS) is 9.59. The fraction of sp³-hybridized carbons (Fsp3) is 0.500. The highest BCUT2D eigenvalue weighted by Crippen LogP contribution is 2.15. The topological polar surface area (TPSA) is 46.9 Å². The fourth-order valence-corrected chi connectivity index (χ4v) is 1.79. The molecule has 0 unspecified atom stereocenters. The summed E-state index contributed by atoms with van der Waals surface area (Å²) < 4.78 is 1.99. The van der Waals surface area contributed by atoms with Gasteiger partial charge in [-0.25, -0.2) is 4.68 Å². The molecule has 0 saturated carbocycles. The van der Waals surface area contributed by atoms with Crippen molar-refractivity contribution < 1.29 is 0 Å². The van der Waals surface area contributed by atoms with Gasteiger partial charge in [-0.2, -0.15) is 5.10 Å². The predicted molar refractivity (Wildman–Crippen MR) is 73.0 cm³/mol. The molecule has 0 amide bonds. The molecule has 1 heterocycles. The van der Waals surface area contributed by atoms with E-state index in [2.05, 4.69) is 38.2 Å². The lowest BCUT2D eigenvalue weighted by molar-refractivity contribution is 0.566. The molecule has 0 fully saturated rings. The van der Waals surface area contributed by atoms with Gasteiger partial charge in [0, 0.05) is 19.5 Å². The lowest BCUT2D eigenvalue weighted by Crippen LogP contribution is -2.24. The maximum atomic E-state index is 11.9. The molecule has 0 atom stereocenters. The van der Waals surface area contributed by atoms with Gasteiger partial charge in [-0.1, -0.05) is 6.92 Å². The number of nitrogens with zero attached hydrogens (tertiary/aromatic N) is 2. The Balaban J connectivity index is 2.77. The molecule has 0 aliphatic carbocycles. The standard InChI is InChI=1S/C12H16BrN3O/c1-3-5-6-7-14-10-9-15-16(8-4-2)12(17)11(10)13/h9,14H,4,6-8H2,1-2H3. The molecule has 0 aliphatic rings. The van der Waals surface area contributed by atoms with Gasteiger partial charge in [0.05, 0.1) is 11.9 Å². The molecule has 1 aromatic heterocycles. The van der Waals surface area contributed by atoms with Crippen LogP contribution in [0.2, 0.25) is 0 Å². The van der Waals surface area contributed by atoms with E-state index in [4.69, 9.17) is 0 Å². The van der Waals surface area contributed by atoms with Crippen LogP contribution in [-0.2, 0) is 6.54 Å². The van der Waals surface area contributed by atoms with Gasteiger partial charge in [0.15, 0.2) is 0 Å². The average molecular weight is 298 g/mol. The van der Waals surface area contributed by atoms with Crippen molar-refractivity contribution in [2.45, 2.75) is 33.2 Å². The summed E-state index contributed by atoms with van der Waals surface area (Å²) in [5.74, 6) is 5.78. The lowest BCUT2D eigenvalue weighted by Gasteiger charge is -2.08. The Bertz CT molecular complexity index is 485. The van der Waals surface area contributed by atoms with Crippen molar-refractivity contribution in [2.24, 2.45) is 0 Å². The van der Waals surface area contributed by atoms with Crippen molar-refractivity contribution in [1.29, 1.82) is 0 Å². The van der Waals surface area contributed by atoms with Crippen molar-refractivity contribution in [3.8, 4) is 11.8 Å². The van der Waals surface area contributed by atoms with E-state index >= 15 is 0 Å². The summed E-state index contributed by atoms with van der Waals surface area (Å²) in [7, 11) is 0. The van der Waals surface area contributed by atoms with Crippen molar-refractivity contribution >= 4 is 21.6 Å². The van der Waals surface area contributed by atoms with E-state index in [0.29, 0.717) is 17.6 Å². The molecular weight excluding hydrogens is 282 g/mol. The number of aromatic nitrogens is 2. The molecule has 0 radical (unpaired) electrons. The molecule has 5 heteroatoms. The van der Waals surface area contributed by atoms with E-state index in [1.54, 1.807) is 6.20 Å². The Morgan fingerprint density at radius 1 is 1.59 bits per heavy atom. The summed E-state index contributed by atoms with van der Waals surface area (Å²) in [4.78, 5) is 11.9. The Morgan fingerprint density at radius 2 is 2.35 bits per heavy atom. The van der Waals surface area contributed by atoms with E-state index in [9.17, 15) is 4.79 Å². The quantitative estimate of drug-likeness (QED) is 0.670. The molecule has 92 valence electrons. The molecule has 1 aromatic rings. The third-order valence-electron chi connectivity index (χ3n) is 2.16. The zero-order valence-corrected chi connectivity index (χ0v) is 11.7.